The van der Waals surface area contributed by atoms with E-state index in [0.29, 0.717) is 10.7 Å². The van der Waals surface area contributed by atoms with Crippen LogP contribution in [0.2, 0.25) is 5.02 Å². The minimum absolute atomic E-state index is 0.0994. The molecular formula is C18H14ClF3N4O. The first-order chi connectivity index (χ1) is 12.9. The number of hydrogen-bond acceptors (Lipinski definition) is 3. The lowest BCUT2D eigenvalue weighted by atomic mass is 10.1. The highest BCUT2D eigenvalue weighted by molar-refractivity contribution is 6.31. The zero-order valence-electron chi connectivity index (χ0n) is 13.9. The number of nitrogens with one attached hydrogen (secondary N) is 1. The minimum Gasteiger partial charge on any atom is -0.352 e. The van der Waals surface area contributed by atoms with E-state index in [0.717, 1.165) is 17.8 Å². The van der Waals surface area contributed by atoms with Crippen LogP contribution in [-0.2, 0) is 12.6 Å². The molecule has 0 aliphatic heterocycles. The Hall–Kier alpha value is -2.87. The van der Waals surface area contributed by atoms with Crippen LogP contribution < -0.4 is 5.32 Å². The first-order valence-corrected chi connectivity index (χ1v) is 8.31. The number of halogens is 4. The van der Waals surface area contributed by atoms with Crippen LogP contribution in [0.4, 0.5) is 13.2 Å². The van der Waals surface area contributed by atoms with Gasteiger partial charge in [0.05, 0.1) is 40.1 Å². The molecule has 1 amide bonds. The number of imidazole rings is 1. The molecular weight excluding hydrogens is 381 g/mol. The second kappa shape index (κ2) is 7.79. The van der Waals surface area contributed by atoms with Gasteiger partial charge in [0, 0.05) is 25.4 Å². The number of pyridine rings is 1. The van der Waals surface area contributed by atoms with E-state index in [1.807, 2.05) is 0 Å². The largest absolute Gasteiger partial charge is 0.417 e. The highest BCUT2D eigenvalue weighted by atomic mass is 35.5. The number of amides is 1. The van der Waals surface area contributed by atoms with Crippen molar-refractivity contribution < 1.29 is 18.0 Å². The molecule has 0 aliphatic carbocycles. The first kappa shape index (κ1) is 18.9. The Morgan fingerprint density at radius 3 is 2.70 bits per heavy atom. The summed E-state index contributed by atoms with van der Waals surface area (Å²) in [5.74, 6) is -0.797. The number of benzene rings is 1. The average Bonchev–Trinajstić information content (AvgIpc) is 3.17. The van der Waals surface area contributed by atoms with Crippen LogP contribution in [0.3, 0.4) is 0 Å². The molecule has 0 aliphatic rings. The maximum absolute atomic E-state index is 13.0. The van der Waals surface area contributed by atoms with Gasteiger partial charge in [-0.15, -0.1) is 0 Å². The number of alkyl halides is 3. The van der Waals surface area contributed by atoms with Crippen molar-refractivity contribution in [3.8, 4) is 5.69 Å². The lowest BCUT2D eigenvalue weighted by molar-refractivity contribution is -0.137. The molecule has 0 spiro atoms. The Bertz CT molecular complexity index is 942. The van der Waals surface area contributed by atoms with Crippen molar-refractivity contribution in [3.05, 3.63) is 77.1 Å². The van der Waals surface area contributed by atoms with E-state index in [9.17, 15) is 18.0 Å². The molecule has 0 saturated heterocycles. The molecule has 0 unspecified atom stereocenters. The van der Waals surface area contributed by atoms with Crippen molar-refractivity contribution in [2.75, 3.05) is 6.54 Å². The van der Waals surface area contributed by atoms with Gasteiger partial charge in [0.2, 0.25) is 0 Å². The van der Waals surface area contributed by atoms with E-state index in [2.05, 4.69) is 15.3 Å². The van der Waals surface area contributed by atoms with Crippen molar-refractivity contribution in [2.45, 2.75) is 12.6 Å². The van der Waals surface area contributed by atoms with E-state index < -0.39 is 23.2 Å². The molecule has 3 rings (SSSR count). The van der Waals surface area contributed by atoms with Crippen molar-refractivity contribution >= 4 is 17.5 Å². The van der Waals surface area contributed by atoms with E-state index in [1.165, 1.54) is 12.1 Å². The van der Waals surface area contributed by atoms with Gasteiger partial charge in [0.1, 0.15) is 0 Å². The lowest BCUT2D eigenvalue weighted by Gasteiger charge is -2.13. The molecule has 9 heteroatoms. The average molecular weight is 395 g/mol. The molecule has 3 aromatic rings. The summed E-state index contributed by atoms with van der Waals surface area (Å²) in [6.45, 7) is 0.0994. The second-order valence-electron chi connectivity index (χ2n) is 5.64. The Labute approximate surface area is 157 Å². The topological polar surface area (TPSA) is 59.8 Å². The molecule has 5 nitrogen and oxygen atoms in total. The summed E-state index contributed by atoms with van der Waals surface area (Å²) >= 11 is 6.21. The molecule has 2 heterocycles. The van der Waals surface area contributed by atoms with Crippen LogP contribution in [-0.4, -0.2) is 27.0 Å². The lowest BCUT2D eigenvalue weighted by Crippen LogP contribution is -2.28. The first-order valence-electron chi connectivity index (χ1n) is 7.93. The van der Waals surface area contributed by atoms with E-state index in [4.69, 9.17) is 11.6 Å². The molecule has 0 radical (unpaired) electrons. The van der Waals surface area contributed by atoms with Gasteiger partial charge in [-0.1, -0.05) is 23.7 Å². The Morgan fingerprint density at radius 1 is 1.26 bits per heavy atom. The van der Waals surface area contributed by atoms with Gasteiger partial charge < -0.3 is 9.88 Å². The molecule has 140 valence electrons. The van der Waals surface area contributed by atoms with Crippen molar-refractivity contribution in [1.29, 1.82) is 0 Å². The van der Waals surface area contributed by atoms with Crippen LogP contribution >= 0.6 is 11.6 Å². The van der Waals surface area contributed by atoms with Crippen molar-refractivity contribution in [2.24, 2.45) is 0 Å². The molecule has 0 saturated carbocycles. The number of carbonyl (C=O) groups excluding carboxylic acids is 1. The summed E-state index contributed by atoms with van der Waals surface area (Å²) in [7, 11) is 0. The van der Waals surface area contributed by atoms with Gasteiger partial charge in [-0.3, -0.25) is 9.78 Å². The quantitative estimate of drug-likeness (QED) is 0.713. The third-order valence-electron chi connectivity index (χ3n) is 3.83. The molecule has 2 aromatic heterocycles. The third kappa shape index (κ3) is 4.46. The van der Waals surface area contributed by atoms with Gasteiger partial charge in [0.15, 0.2) is 0 Å². The molecule has 1 aromatic carbocycles. The van der Waals surface area contributed by atoms with Gasteiger partial charge in [-0.25, -0.2) is 4.98 Å². The smallest absolute Gasteiger partial charge is 0.352 e. The number of nitrogens with zero attached hydrogens (tertiary/aromatic N) is 3. The molecule has 1 N–H and O–H groups in total. The van der Waals surface area contributed by atoms with E-state index >= 15 is 0 Å². The summed E-state index contributed by atoms with van der Waals surface area (Å²) in [4.78, 5) is 20.3. The zero-order chi connectivity index (χ0) is 19.4. The Kier molecular flexibility index (Phi) is 5.46. The summed E-state index contributed by atoms with van der Waals surface area (Å²) in [5, 5.41) is 2.87. The maximum atomic E-state index is 13.0. The number of rotatable bonds is 5. The van der Waals surface area contributed by atoms with Gasteiger partial charge in [0.25, 0.3) is 5.91 Å². The summed E-state index contributed by atoms with van der Waals surface area (Å²) in [6.07, 6.45) is 2.25. The van der Waals surface area contributed by atoms with Crippen LogP contribution in [0.5, 0.6) is 0 Å². The summed E-state index contributed by atoms with van der Waals surface area (Å²) < 4.78 is 40.7. The monoisotopic (exact) mass is 394 g/mol. The Balaban J connectivity index is 1.64. The highest BCUT2D eigenvalue weighted by Crippen LogP contribution is 2.31. The van der Waals surface area contributed by atoms with Crippen LogP contribution in [0, 0.1) is 0 Å². The summed E-state index contributed by atoms with van der Waals surface area (Å²) in [6, 6.07) is 6.35. The Morgan fingerprint density at radius 2 is 2.04 bits per heavy atom. The standard InChI is InChI=1S/C18H14ClF3N4O/c19-15-9-12(26-8-7-23-11-26)10-25-16(15)5-6-24-17(27)13-3-1-2-4-14(13)18(20,21)22/h1-4,7-11H,5-6H2,(H,24,27). The molecule has 27 heavy (non-hydrogen) atoms. The fourth-order valence-electron chi connectivity index (χ4n) is 2.51. The van der Waals surface area contributed by atoms with Gasteiger partial charge >= 0.3 is 6.18 Å². The predicted molar refractivity (Wildman–Crippen MR) is 93.9 cm³/mol. The SMILES string of the molecule is O=C(NCCc1ncc(-n2ccnc2)cc1Cl)c1ccccc1C(F)(F)F. The van der Waals surface area contributed by atoms with Gasteiger partial charge in [-0.05, 0) is 18.2 Å². The van der Waals surface area contributed by atoms with Crippen molar-refractivity contribution in [3.63, 3.8) is 0 Å². The highest BCUT2D eigenvalue weighted by Gasteiger charge is 2.34. The molecule has 0 atom stereocenters. The minimum atomic E-state index is -4.60. The van der Waals surface area contributed by atoms with Crippen LogP contribution in [0.15, 0.2) is 55.2 Å². The number of hydrogen-bond donors (Lipinski definition) is 1. The van der Waals surface area contributed by atoms with Gasteiger partial charge in [-0.2, -0.15) is 13.2 Å². The molecule has 0 fully saturated rings. The fourth-order valence-corrected chi connectivity index (χ4v) is 2.77. The molecule has 0 bridgehead atoms. The number of aromatic nitrogens is 3. The fraction of sp³-hybridized carbons (Fsp3) is 0.167. The van der Waals surface area contributed by atoms with Crippen molar-refractivity contribution in [1.82, 2.24) is 19.9 Å². The predicted octanol–water partition coefficient (Wildman–Crippen LogP) is 3.91. The zero-order valence-corrected chi connectivity index (χ0v) is 14.6. The van der Waals surface area contributed by atoms with Crippen LogP contribution in [0.25, 0.3) is 5.69 Å². The normalized spacial score (nSPS) is 11.4. The van der Waals surface area contributed by atoms with Crippen LogP contribution in [0.1, 0.15) is 21.6 Å². The van der Waals surface area contributed by atoms with E-state index in [1.54, 1.807) is 35.6 Å². The van der Waals surface area contributed by atoms with E-state index in [-0.39, 0.29) is 13.0 Å². The maximum Gasteiger partial charge on any atom is 0.417 e. The summed E-state index contributed by atoms with van der Waals surface area (Å²) in [5.41, 5.74) is -0.128. The third-order valence-corrected chi connectivity index (χ3v) is 4.16. The number of carbonyl (C=O) groups is 1. The second-order valence-corrected chi connectivity index (χ2v) is 6.05.